The number of aromatic amines is 1. The van der Waals surface area contributed by atoms with Crippen molar-refractivity contribution in [2.75, 3.05) is 0 Å². The standard InChI is InChI=1S/C14H15N3O/c1-14(2,3)17-13-10(7-8-11(18)15-13)12(16-17)9-5-4-6-9/h4-8H,1-3H3,(H,15,18). The fraction of sp³-hybridized carbons (Fsp3) is 0.286. The molecule has 1 N–H and O–H groups in total. The van der Waals surface area contributed by atoms with Crippen LogP contribution in [0, 0.1) is 0 Å². The molecule has 2 aromatic heterocycles. The summed E-state index contributed by atoms with van der Waals surface area (Å²) in [6.07, 6.45) is 6.04. The number of rotatable bonds is 1. The number of nitrogens with zero attached hydrogens (tertiary/aromatic N) is 2. The highest BCUT2D eigenvalue weighted by Crippen LogP contribution is 2.29. The van der Waals surface area contributed by atoms with Crippen LogP contribution in [0.3, 0.4) is 0 Å². The molecule has 0 fully saturated rings. The number of nitrogens with one attached hydrogen (secondary N) is 1. The zero-order valence-corrected chi connectivity index (χ0v) is 10.7. The maximum atomic E-state index is 11.5. The molecule has 92 valence electrons. The van der Waals surface area contributed by atoms with E-state index in [4.69, 9.17) is 0 Å². The van der Waals surface area contributed by atoms with E-state index in [1.54, 1.807) is 6.07 Å². The molecular weight excluding hydrogens is 226 g/mol. The summed E-state index contributed by atoms with van der Waals surface area (Å²) in [5.41, 5.74) is 2.55. The molecule has 0 saturated carbocycles. The minimum Gasteiger partial charge on any atom is -0.307 e. The van der Waals surface area contributed by atoms with Crippen molar-refractivity contribution >= 4 is 16.6 Å². The first kappa shape index (κ1) is 11.0. The number of fused-ring (bicyclic) bond motifs is 1. The van der Waals surface area contributed by atoms with Crippen molar-refractivity contribution in [3.05, 3.63) is 46.4 Å². The first-order valence-corrected chi connectivity index (χ1v) is 5.98. The zero-order chi connectivity index (χ0) is 12.9. The predicted molar refractivity (Wildman–Crippen MR) is 72.5 cm³/mol. The van der Waals surface area contributed by atoms with Gasteiger partial charge in [-0.2, -0.15) is 5.10 Å². The van der Waals surface area contributed by atoms with Crippen molar-refractivity contribution in [3.63, 3.8) is 0 Å². The van der Waals surface area contributed by atoms with E-state index in [-0.39, 0.29) is 11.1 Å². The Kier molecular flexibility index (Phi) is 2.11. The molecule has 18 heavy (non-hydrogen) atoms. The number of hydrogen-bond acceptors (Lipinski definition) is 2. The molecule has 0 atom stereocenters. The fourth-order valence-electron chi connectivity index (χ4n) is 2.07. The molecule has 4 heteroatoms. The molecule has 0 unspecified atom stereocenters. The third-order valence-electron chi connectivity index (χ3n) is 3.03. The van der Waals surface area contributed by atoms with Gasteiger partial charge in [-0.25, -0.2) is 4.68 Å². The molecule has 1 aliphatic rings. The first-order valence-electron chi connectivity index (χ1n) is 5.98. The van der Waals surface area contributed by atoms with Crippen molar-refractivity contribution in [3.8, 4) is 0 Å². The molecule has 2 heterocycles. The second-order valence-corrected chi connectivity index (χ2v) is 5.50. The molecular formula is C14H15N3O. The van der Waals surface area contributed by atoms with Crippen LogP contribution in [-0.4, -0.2) is 14.8 Å². The Balaban J connectivity index is 2.36. The van der Waals surface area contributed by atoms with E-state index in [1.807, 2.05) is 29.0 Å². The lowest BCUT2D eigenvalue weighted by Gasteiger charge is -2.20. The van der Waals surface area contributed by atoms with Gasteiger partial charge in [0.1, 0.15) is 11.3 Å². The van der Waals surface area contributed by atoms with Crippen LogP contribution >= 0.6 is 0 Å². The number of pyridine rings is 1. The summed E-state index contributed by atoms with van der Waals surface area (Å²) >= 11 is 0. The Morgan fingerprint density at radius 3 is 2.56 bits per heavy atom. The number of hydrogen-bond donors (Lipinski definition) is 1. The lowest BCUT2D eigenvalue weighted by molar-refractivity contribution is 0.365. The Bertz CT molecular complexity index is 738. The van der Waals surface area contributed by atoms with Gasteiger partial charge in [-0.15, -0.1) is 0 Å². The van der Waals surface area contributed by atoms with Crippen LogP contribution in [0.2, 0.25) is 0 Å². The van der Waals surface area contributed by atoms with Gasteiger partial charge in [-0.3, -0.25) is 4.79 Å². The second-order valence-electron chi connectivity index (χ2n) is 5.50. The lowest BCUT2D eigenvalue weighted by atomic mass is 10.0. The molecule has 0 aliphatic heterocycles. The van der Waals surface area contributed by atoms with Gasteiger partial charge in [0, 0.05) is 17.0 Å². The van der Waals surface area contributed by atoms with Crippen LogP contribution in [0.4, 0.5) is 0 Å². The number of allylic oxidation sites excluding steroid dienone is 4. The normalized spacial score (nSPS) is 14.7. The molecule has 1 aliphatic carbocycles. The highest BCUT2D eigenvalue weighted by atomic mass is 16.1. The minimum atomic E-state index is -0.172. The molecule has 0 saturated heterocycles. The van der Waals surface area contributed by atoms with Gasteiger partial charge in [0.25, 0.3) is 0 Å². The van der Waals surface area contributed by atoms with Gasteiger partial charge in [0.2, 0.25) is 5.56 Å². The average Bonchev–Trinajstić information content (AvgIpc) is 2.54. The monoisotopic (exact) mass is 241 g/mol. The molecule has 4 nitrogen and oxygen atoms in total. The second kappa shape index (κ2) is 3.45. The van der Waals surface area contributed by atoms with E-state index in [2.05, 4.69) is 30.9 Å². The van der Waals surface area contributed by atoms with Crippen molar-refractivity contribution in [2.45, 2.75) is 26.3 Å². The van der Waals surface area contributed by atoms with Crippen LogP contribution in [0.25, 0.3) is 16.6 Å². The summed E-state index contributed by atoms with van der Waals surface area (Å²) in [6, 6.07) is 3.38. The Morgan fingerprint density at radius 1 is 1.28 bits per heavy atom. The lowest BCUT2D eigenvalue weighted by Crippen LogP contribution is -2.24. The highest BCUT2D eigenvalue weighted by Gasteiger charge is 2.22. The zero-order valence-electron chi connectivity index (χ0n) is 10.7. The number of aromatic nitrogens is 3. The van der Waals surface area contributed by atoms with Gasteiger partial charge in [0.15, 0.2) is 0 Å². The first-order chi connectivity index (χ1) is 8.47. The van der Waals surface area contributed by atoms with E-state index in [1.165, 1.54) is 0 Å². The molecule has 3 rings (SSSR count). The maximum absolute atomic E-state index is 11.5. The molecule has 0 amide bonds. The maximum Gasteiger partial charge on any atom is 0.249 e. The predicted octanol–water partition coefficient (Wildman–Crippen LogP) is 2.43. The summed E-state index contributed by atoms with van der Waals surface area (Å²) in [7, 11) is 0. The summed E-state index contributed by atoms with van der Waals surface area (Å²) in [6.45, 7) is 6.21. The Labute approximate surface area is 105 Å². The quantitative estimate of drug-likeness (QED) is 0.833. The van der Waals surface area contributed by atoms with Crippen molar-refractivity contribution in [1.82, 2.24) is 14.8 Å². The summed E-state index contributed by atoms with van der Waals surface area (Å²) in [5, 5.41) is 5.64. The van der Waals surface area contributed by atoms with Crippen LogP contribution in [-0.2, 0) is 5.54 Å². The molecule has 0 aromatic carbocycles. The van der Waals surface area contributed by atoms with Crippen LogP contribution < -0.4 is 5.56 Å². The van der Waals surface area contributed by atoms with E-state index in [0.717, 1.165) is 22.3 Å². The van der Waals surface area contributed by atoms with Crippen LogP contribution in [0.1, 0.15) is 26.5 Å². The minimum absolute atomic E-state index is 0.0995. The summed E-state index contributed by atoms with van der Waals surface area (Å²) in [4.78, 5) is 14.4. The van der Waals surface area contributed by atoms with Gasteiger partial charge in [-0.1, -0.05) is 18.2 Å². The largest absolute Gasteiger partial charge is 0.307 e. The summed E-state index contributed by atoms with van der Waals surface area (Å²) < 4.78 is 1.88. The topological polar surface area (TPSA) is 50.7 Å². The van der Waals surface area contributed by atoms with Gasteiger partial charge in [-0.05, 0) is 26.8 Å². The molecule has 0 spiro atoms. The molecule has 0 radical (unpaired) electrons. The van der Waals surface area contributed by atoms with E-state index >= 15 is 0 Å². The van der Waals surface area contributed by atoms with Gasteiger partial charge in [0.05, 0.1) is 5.54 Å². The van der Waals surface area contributed by atoms with Crippen LogP contribution in [0.15, 0.2) is 35.2 Å². The third kappa shape index (κ3) is 1.53. The third-order valence-corrected chi connectivity index (χ3v) is 3.03. The smallest absolute Gasteiger partial charge is 0.249 e. The van der Waals surface area contributed by atoms with E-state index < -0.39 is 0 Å². The summed E-state index contributed by atoms with van der Waals surface area (Å²) in [5.74, 6) is 0. The highest BCUT2D eigenvalue weighted by molar-refractivity contribution is 5.94. The van der Waals surface area contributed by atoms with E-state index in [9.17, 15) is 4.79 Å². The van der Waals surface area contributed by atoms with Gasteiger partial charge >= 0.3 is 0 Å². The SMILES string of the molecule is CC(C)(C)n1nc(C2=CC=C2)c2ccc(=O)[nH]c21. The van der Waals surface area contributed by atoms with Crippen molar-refractivity contribution in [2.24, 2.45) is 0 Å². The number of H-pyrrole nitrogens is 1. The van der Waals surface area contributed by atoms with E-state index in [0.29, 0.717) is 0 Å². The van der Waals surface area contributed by atoms with Crippen molar-refractivity contribution < 1.29 is 0 Å². The molecule has 0 bridgehead atoms. The Morgan fingerprint density at radius 2 is 2.00 bits per heavy atom. The van der Waals surface area contributed by atoms with Crippen molar-refractivity contribution in [1.29, 1.82) is 0 Å². The fourth-order valence-corrected chi connectivity index (χ4v) is 2.07. The van der Waals surface area contributed by atoms with Gasteiger partial charge < -0.3 is 4.98 Å². The average molecular weight is 241 g/mol. The molecule has 2 aromatic rings. The Hall–Kier alpha value is -2.10. The van der Waals surface area contributed by atoms with Crippen LogP contribution in [0.5, 0.6) is 0 Å².